The largest absolute Gasteiger partial charge is 0.433 e. The molecule has 0 radical (unpaired) electrons. The normalized spacial score (nSPS) is 16.9. The number of hydrogen-bond acceptors (Lipinski definition) is 5. The summed E-state index contributed by atoms with van der Waals surface area (Å²) >= 11 is 0. The van der Waals surface area contributed by atoms with Gasteiger partial charge < -0.3 is 4.90 Å². The van der Waals surface area contributed by atoms with E-state index < -0.39 is 34.3 Å². The number of halogens is 3. The highest BCUT2D eigenvalue weighted by molar-refractivity contribution is 7.89. The van der Waals surface area contributed by atoms with Gasteiger partial charge in [-0.15, -0.1) is 0 Å². The van der Waals surface area contributed by atoms with Crippen molar-refractivity contribution in [2.75, 3.05) is 24.5 Å². The molecule has 0 N–H and O–H groups in total. The molecule has 0 aliphatic carbocycles. The monoisotopic (exact) mass is 389 g/mol. The molecular formula is C14H14F3N5O3S. The molecule has 0 aromatic carbocycles. The van der Waals surface area contributed by atoms with Crippen molar-refractivity contribution in [2.24, 2.45) is 7.05 Å². The third-order valence-corrected chi connectivity index (χ3v) is 5.65. The van der Waals surface area contributed by atoms with Crippen molar-refractivity contribution in [1.82, 2.24) is 19.1 Å². The van der Waals surface area contributed by atoms with Crippen molar-refractivity contribution in [3.8, 4) is 0 Å². The van der Waals surface area contributed by atoms with Gasteiger partial charge in [-0.1, -0.05) is 0 Å². The van der Waals surface area contributed by atoms with Crippen LogP contribution in [0.4, 0.5) is 18.9 Å². The molecule has 0 spiro atoms. The van der Waals surface area contributed by atoms with E-state index >= 15 is 0 Å². The van der Waals surface area contributed by atoms with Crippen LogP contribution in [0.5, 0.6) is 0 Å². The Hall–Kier alpha value is -2.47. The smallest absolute Gasteiger partial charge is 0.310 e. The number of aromatic nitrogens is 3. The number of aryl methyl sites for hydroxylation is 1. The lowest BCUT2D eigenvalue weighted by Crippen LogP contribution is -2.52. The first-order valence-corrected chi connectivity index (χ1v) is 8.85. The number of piperazine rings is 1. The number of carbonyl (C=O) groups is 1. The number of carbonyl (C=O) groups excluding carboxylic acids is 1. The Kier molecular flexibility index (Phi) is 4.48. The molecule has 26 heavy (non-hydrogen) atoms. The van der Waals surface area contributed by atoms with Crippen LogP contribution in [0.3, 0.4) is 0 Å². The van der Waals surface area contributed by atoms with Gasteiger partial charge in [-0.2, -0.15) is 22.6 Å². The topological polar surface area (TPSA) is 88.4 Å². The molecule has 2 aromatic rings. The van der Waals surface area contributed by atoms with Crippen molar-refractivity contribution in [2.45, 2.75) is 11.1 Å². The summed E-state index contributed by atoms with van der Waals surface area (Å²) in [5.74, 6) is -0.622. The van der Waals surface area contributed by atoms with Crippen LogP contribution in [-0.2, 0) is 28.0 Å². The molecule has 8 nitrogen and oxygen atoms in total. The number of alkyl halides is 3. The van der Waals surface area contributed by atoms with E-state index in [1.54, 1.807) is 7.05 Å². The number of rotatable bonds is 3. The molecule has 0 bridgehead atoms. The Balaban J connectivity index is 1.80. The zero-order valence-electron chi connectivity index (χ0n) is 13.5. The van der Waals surface area contributed by atoms with Crippen molar-refractivity contribution in [3.05, 3.63) is 36.4 Å². The second-order valence-electron chi connectivity index (χ2n) is 5.63. The van der Waals surface area contributed by atoms with Gasteiger partial charge in [0.05, 0.1) is 12.7 Å². The SMILES string of the molecule is Cn1cc(S(=O)(=O)N2CCN(c3ccnc(C(F)(F)F)c3)C(=O)C2)cn1. The minimum atomic E-state index is -4.63. The Morgan fingerprint density at radius 2 is 1.96 bits per heavy atom. The lowest BCUT2D eigenvalue weighted by molar-refractivity contribution is -0.141. The zero-order chi connectivity index (χ0) is 19.1. The van der Waals surface area contributed by atoms with Crippen LogP contribution in [0.25, 0.3) is 0 Å². The van der Waals surface area contributed by atoms with Crippen molar-refractivity contribution >= 4 is 21.6 Å². The van der Waals surface area contributed by atoms with Gasteiger partial charge in [0.1, 0.15) is 10.6 Å². The fraction of sp³-hybridized carbons (Fsp3) is 0.357. The van der Waals surface area contributed by atoms with Crippen LogP contribution in [0.15, 0.2) is 35.6 Å². The van der Waals surface area contributed by atoms with E-state index in [-0.39, 0.29) is 23.7 Å². The Morgan fingerprint density at radius 1 is 1.23 bits per heavy atom. The van der Waals surface area contributed by atoms with Gasteiger partial charge in [-0.25, -0.2) is 8.42 Å². The van der Waals surface area contributed by atoms with Gasteiger partial charge in [0, 0.05) is 38.2 Å². The Bertz CT molecular complexity index is 941. The number of sulfonamides is 1. The summed E-state index contributed by atoms with van der Waals surface area (Å²) in [6.45, 7) is -0.590. The lowest BCUT2D eigenvalue weighted by atomic mass is 10.2. The molecular weight excluding hydrogens is 375 g/mol. The quantitative estimate of drug-likeness (QED) is 0.777. The molecule has 2 aromatic heterocycles. The second kappa shape index (κ2) is 6.36. The first kappa shape index (κ1) is 18.3. The molecule has 3 heterocycles. The number of nitrogens with zero attached hydrogens (tertiary/aromatic N) is 5. The fourth-order valence-electron chi connectivity index (χ4n) is 2.55. The fourth-order valence-corrected chi connectivity index (χ4v) is 3.92. The zero-order valence-corrected chi connectivity index (χ0v) is 14.3. The molecule has 0 atom stereocenters. The van der Waals surface area contributed by atoms with Crippen LogP contribution in [0.2, 0.25) is 0 Å². The number of anilines is 1. The maximum absolute atomic E-state index is 12.8. The van der Waals surface area contributed by atoms with Crippen LogP contribution < -0.4 is 4.90 Å². The molecule has 0 unspecified atom stereocenters. The van der Waals surface area contributed by atoms with Crippen molar-refractivity contribution in [1.29, 1.82) is 0 Å². The maximum Gasteiger partial charge on any atom is 0.433 e. The lowest BCUT2D eigenvalue weighted by Gasteiger charge is -2.33. The third kappa shape index (κ3) is 3.42. The maximum atomic E-state index is 12.8. The molecule has 140 valence electrons. The summed E-state index contributed by atoms with van der Waals surface area (Å²) in [4.78, 5) is 16.7. The number of pyridine rings is 1. The molecule has 1 saturated heterocycles. The molecule has 12 heteroatoms. The summed E-state index contributed by atoms with van der Waals surface area (Å²) in [6.07, 6.45) is -1.19. The third-order valence-electron chi connectivity index (χ3n) is 3.85. The summed E-state index contributed by atoms with van der Waals surface area (Å²) < 4.78 is 65.7. The predicted molar refractivity (Wildman–Crippen MR) is 83.6 cm³/mol. The van der Waals surface area contributed by atoms with Crippen LogP contribution >= 0.6 is 0 Å². The summed E-state index contributed by atoms with van der Waals surface area (Å²) in [5, 5.41) is 3.79. The van der Waals surface area contributed by atoms with Crippen LogP contribution in [0.1, 0.15) is 5.69 Å². The van der Waals surface area contributed by atoms with Gasteiger partial charge in [0.2, 0.25) is 15.9 Å². The van der Waals surface area contributed by atoms with E-state index in [1.165, 1.54) is 23.1 Å². The minimum absolute atomic E-state index is 0.0238. The molecule has 1 aliphatic rings. The first-order chi connectivity index (χ1) is 12.1. The molecule has 0 saturated carbocycles. The van der Waals surface area contributed by atoms with Gasteiger partial charge in [-0.05, 0) is 12.1 Å². The summed E-state index contributed by atoms with van der Waals surface area (Å²) in [6, 6.07) is 2.04. The first-order valence-electron chi connectivity index (χ1n) is 7.41. The van der Waals surface area contributed by atoms with E-state index in [9.17, 15) is 26.4 Å². The Labute approximate surface area is 146 Å². The van der Waals surface area contributed by atoms with E-state index in [0.717, 1.165) is 21.5 Å². The Morgan fingerprint density at radius 3 is 2.54 bits per heavy atom. The molecule has 1 aliphatic heterocycles. The second-order valence-corrected chi connectivity index (χ2v) is 7.57. The summed E-state index contributed by atoms with van der Waals surface area (Å²) in [7, 11) is -2.34. The number of hydrogen-bond donors (Lipinski definition) is 0. The van der Waals surface area contributed by atoms with E-state index in [1.807, 2.05) is 0 Å². The van der Waals surface area contributed by atoms with Crippen LogP contribution in [0, 0.1) is 0 Å². The molecule has 3 rings (SSSR count). The average Bonchev–Trinajstić information content (AvgIpc) is 3.01. The van der Waals surface area contributed by atoms with Gasteiger partial charge in [0.25, 0.3) is 0 Å². The highest BCUT2D eigenvalue weighted by Gasteiger charge is 2.36. The predicted octanol–water partition coefficient (Wildman–Crippen LogP) is 0.871. The average molecular weight is 389 g/mol. The van der Waals surface area contributed by atoms with Gasteiger partial charge >= 0.3 is 6.18 Å². The highest BCUT2D eigenvalue weighted by Crippen LogP contribution is 2.30. The van der Waals surface area contributed by atoms with E-state index in [4.69, 9.17) is 0 Å². The van der Waals surface area contributed by atoms with E-state index in [0.29, 0.717) is 0 Å². The van der Waals surface area contributed by atoms with Crippen LogP contribution in [-0.4, -0.2) is 53.0 Å². The standard InChI is InChI=1S/C14H14F3N5O3S/c1-20-8-11(7-19-20)26(24,25)21-4-5-22(13(23)9-21)10-2-3-18-12(6-10)14(15,16)17/h2-3,6-8H,4-5,9H2,1H3. The van der Waals surface area contributed by atoms with Crippen molar-refractivity contribution < 1.29 is 26.4 Å². The molecule has 1 fully saturated rings. The molecule has 1 amide bonds. The van der Waals surface area contributed by atoms with Gasteiger partial charge in [0.15, 0.2) is 0 Å². The highest BCUT2D eigenvalue weighted by atomic mass is 32.2. The van der Waals surface area contributed by atoms with E-state index in [2.05, 4.69) is 10.1 Å². The number of amides is 1. The minimum Gasteiger partial charge on any atom is -0.310 e. The van der Waals surface area contributed by atoms with Gasteiger partial charge in [-0.3, -0.25) is 14.5 Å². The van der Waals surface area contributed by atoms with Crippen molar-refractivity contribution in [3.63, 3.8) is 0 Å². The summed E-state index contributed by atoms with van der Waals surface area (Å²) in [5.41, 5.74) is -1.09.